The molecule has 1 rings (SSSR count). The lowest BCUT2D eigenvalue weighted by molar-refractivity contribution is -0.159. The fourth-order valence-corrected chi connectivity index (χ4v) is 1.60. The second-order valence-electron chi connectivity index (χ2n) is 3.43. The van der Waals surface area contributed by atoms with Gasteiger partial charge in [-0.2, -0.15) is 0 Å². The van der Waals surface area contributed by atoms with Gasteiger partial charge in [0, 0.05) is 13.1 Å². The Labute approximate surface area is 84.2 Å². The van der Waals surface area contributed by atoms with Gasteiger partial charge in [-0.25, -0.2) is 4.79 Å². The van der Waals surface area contributed by atoms with Crippen molar-refractivity contribution in [3.05, 3.63) is 0 Å². The van der Waals surface area contributed by atoms with Gasteiger partial charge in [0.25, 0.3) is 0 Å². The Bertz CT molecular complexity index is 207. The second-order valence-corrected chi connectivity index (χ2v) is 3.43. The van der Waals surface area contributed by atoms with Crippen LogP contribution in [0.1, 0.15) is 32.6 Å². The van der Waals surface area contributed by atoms with E-state index in [1.807, 2.05) is 0 Å². The third-order valence-corrected chi connectivity index (χ3v) is 2.34. The normalized spacial score (nSPS) is 17.4. The molecule has 14 heavy (non-hydrogen) atoms. The van der Waals surface area contributed by atoms with Crippen molar-refractivity contribution in [2.24, 2.45) is 0 Å². The Morgan fingerprint density at radius 3 is 2.21 bits per heavy atom. The predicted octanol–water partition coefficient (Wildman–Crippen LogP) is 0.952. The minimum atomic E-state index is -0.714. The molecule has 0 bridgehead atoms. The first-order valence-electron chi connectivity index (χ1n) is 5.21. The molecule has 0 aromatic carbocycles. The standard InChI is InChI=1S/C10H17NO3/c1-2-14-10(13)9(12)11-7-5-3-4-6-8-11/h2-8H2,1H3. The maximum Gasteiger partial charge on any atom is 0.397 e. The molecule has 80 valence electrons. The SMILES string of the molecule is CCOC(=O)C(=O)N1CCCCCC1. The minimum absolute atomic E-state index is 0.262. The largest absolute Gasteiger partial charge is 0.459 e. The monoisotopic (exact) mass is 199 g/mol. The topological polar surface area (TPSA) is 46.6 Å². The van der Waals surface area contributed by atoms with E-state index in [0.29, 0.717) is 13.1 Å². The molecule has 4 nitrogen and oxygen atoms in total. The minimum Gasteiger partial charge on any atom is -0.459 e. The van der Waals surface area contributed by atoms with Crippen LogP contribution < -0.4 is 0 Å². The summed E-state index contributed by atoms with van der Waals surface area (Å²) in [6.45, 7) is 3.35. The Balaban J connectivity index is 2.45. The summed E-state index contributed by atoms with van der Waals surface area (Å²) < 4.78 is 4.67. The number of hydrogen-bond acceptors (Lipinski definition) is 3. The van der Waals surface area contributed by atoms with Gasteiger partial charge < -0.3 is 9.64 Å². The van der Waals surface area contributed by atoms with Crippen LogP contribution in [0.5, 0.6) is 0 Å². The third-order valence-electron chi connectivity index (χ3n) is 2.34. The number of nitrogens with zero attached hydrogens (tertiary/aromatic N) is 1. The zero-order valence-corrected chi connectivity index (χ0v) is 8.62. The quantitative estimate of drug-likeness (QED) is 0.466. The lowest BCUT2D eigenvalue weighted by Gasteiger charge is -2.18. The van der Waals surface area contributed by atoms with Crippen LogP contribution in [0, 0.1) is 0 Å². The van der Waals surface area contributed by atoms with E-state index in [1.165, 1.54) is 0 Å². The average molecular weight is 199 g/mol. The molecule has 0 saturated carbocycles. The van der Waals surface area contributed by atoms with Gasteiger partial charge in [0.05, 0.1) is 6.61 Å². The molecule has 0 N–H and O–H groups in total. The molecule has 1 heterocycles. The molecule has 4 heteroatoms. The summed E-state index contributed by atoms with van der Waals surface area (Å²) in [7, 11) is 0. The van der Waals surface area contributed by atoms with Crippen LogP contribution in [0.4, 0.5) is 0 Å². The highest BCUT2D eigenvalue weighted by Gasteiger charge is 2.23. The predicted molar refractivity (Wildman–Crippen MR) is 51.7 cm³/mol. The Kier molecular flexibility index (Phi) is 4.43. The van der Waals surface area contributed by atoms with E-state index in [0.717, 1.165) is 25.7 Å². The van der Waals surface area contributed by atoms with Crippen LogP contribution in [0.15, 0.2) is 0 Å². The van der Waals surface area contributed by atoms with Crippen molar-refractivity contribution in [2.75, 3.05) is 19.7 Å². The molecule has 0 aliphatic carbocycles. The van der Waals surface area contributed by atoms with E-state index in [4.69, 9.17) is 0 Å². The molecule has 0 atom stereocenters. The number of esters is 1. The highest BCUT2D eigenvalue weighted by Crippen LogP contribution is 2.09. The van der Waals surface area contributed by atoms with Crippen LogP contribution in [0.2, 0.25) is 0 Å². The third kappa shape index (κ3) is 3.01. The molecule has 1 aliphatic heterocycles. The van der Waals surface area contributed by atoms with Gasteiger partial charge in [-0.3, -0.25) is 4.79 Å². The average Bonchev–Trinajstić information content (AvgIpc) is 2.45. The Hall–Kier alpha value is -1.06. The first kappa shape index (κ1) is 11.0. The number of amides is 1. The zero-order chi connectivity index (χ0) is 10.4. The number of rotatable bonds is 1. The zero-order valence-electron chi connectivity index (χ0n) is 8.62. The summed E-state index contributed by atoms with van der Waals surface area (Å²) in [5.74, 6) is -1.19. The van der Waals surface area contributed by atoms with E-state index in [2.05, 4.69) is 4.74 Å². The summed E-state index contributed by atoms with van der Waals surface area (Å²) in [5, 5.41) is 0. The number of carbonyl (C=O) groups is 2. The molecule has 0 aromatic rings. The van der Waals surface area contributed by atoms with Crippen LogP contribution >= 0.6 is 0 Å². The number of hydrogen-bond donors (Lipinski definition) is 0. The maximum absolute atomic E-state index is 11.5. The van der Waals surface area contributed by atoms with Gasteiger partial charge in [-0.05, 0) is 19.8 Å². The molecule has 0 radical (unpaired) electrons. The van der Waals surface area contributed by atoms with E-state index in [9.17, 15) is 9.59 Å². The highest BCUT2D eigenvalue weighted by atomic mass is 16.5. The summed E-state index contributed by atoms with van der Waals surface area (Å²) in [6.07, 6.45) is 4.27. The van der Waals surface area contributed by atoms with Crippen LogP contribution in [-0.4, -0.2) is 36.5 Å². The van der Waals surface area contributed by atoms with Crippen molar-refractivity contribution >= 4 is 11.9 Å². The van der Waals surface area contributed by atoms with Crippen LogP contribution in [0.3, 0.4) is 0 Å². The molecule has 1 aliphatic rings. The summed E-state index contributed by atoms with van der Waals surface area (Å²) >= 11 is 0. The molecule has 1 fully saturated rings. The van der Waals surface area contributed by atoms with Gasteiger partial charge in [0.1, 0.15) is 0 Å². The molecule has 1 amide bonds. The van der Waals surface area contributed by atoms with Gasteiger partial charge in [0.15, 0.2) is 0 Å². The van der Waals surface area contributed by atoms with Crippen molar-refractivity contribution in [2.45, 2.75) is 32.6 Å². The maximum atomic E-state index is 11.5. The lowest BCUT2D eigenvalue weighted by Crippen LogP contribution is -2.38. The van der Waals surface area contributed by atoms with E-state index >= 15 is 0 Å². The van der Waals surface area contributed by atoms with Crippen molar-refractivity contribution in [3.8, 4) is 0 Å². The number of carbonyl (C=O) groups excluding carboxylic acids is 2. The Morgan fingerprint density at radius 1 is 1.14 bits per heavy atom. The smallest absolute Gasteiger partial charge is 0.397 e. The molecule has 0 aromatic heterocycles. The van der Waals surface area contributed by atoms with Crippen LogP contribution in [-0.2, 0) is 14.3 Å². The fourth-order valence-electron chi connectivity index (χ4n) is 1.60. The first-order valence-corrected chi connectivity index (χ1v) is 5.21. The molecule has 0 spiro atoms. The number of ether oxygens (including phenoxy) is 1. The fraction of sp³-hybridized carbons (Fsp3) is 0.800. The summed E-state index contributed by atoms with van der Waals surface area (Å²) in [5.41, 5.74) is 0. The second kappa shape index (κ2) is 5.62. The van der Waals surface area contributed by atoms with E-state index in [1.54, 1.807) is 11.8 Å². The van der Waals surface area contributed by atoms with Crippen molar-refractivity contribution in [3.63, 3.8) is 0 Å². The van der Waals surface area contributed by atoms with Gasteiger partial charge >= 0.3 is 11.9 Å². The van der Waals surface area contributed by atoms with Crippen LogP contribution in [0.25, 0.3) is 0 Å². The highest BCUT2D eigenvalue weighted by molar-refractivity contribution is 6.32. The van der Waals surface area contributed by atoms with Gasteiger partial charge in [-0.15, -0.1) is 0 Å². The molecular formula is C10H17NO3. The molecule has 1 saturated heterocycles. The number of likely N-dealkylation sites (tertiary alicyclic amines) is 1. The van der Waals surface area contributed by atoms with E-state index in [-0.39, 0.29) is 6.61 Å². The molecule has 0 unspecified atom stereocenters. The van der Waals surface area contributed by atoms with E-state index < -0.39 is 11.9 Å². The van der Waals surface area contributed by atoms with Crippen molar-refractivity contribution < 1.29 is 14.3 Å². The molecular weight excluding hydrogens is 182 g/mol. The summed E-state index contributed by atoms with van der Waals surface area (Å²) in [6, 6.07) is 0. The Morgan fingerprint density at radius 2 is 1.71 bits per heavy atom. The summed E-state index contributed by atoms with van der Waals surface area (Å²) in [4.78, 5) is 24.2. The lowest BCUT2D eigenvalue weighted by atomic mass is 10.2. The van der Waals surface area contributed by atoms with Gasteiger partial charge in [0.2, 0.25) is 0 Å². The first-order chi connectivity index (χ1) is 6.75. The van der Waals surface area contributed by atoms with Gasteiger partial charge in [-0.1, -0.05) is 12.8 Å². The van der Waals surface area contributed by atoms with Crippen molar-refractivity contribution in [1.29, 1.82) is 0 Å². The van der Waals surface area contributed by atoms with Crippen molar-refractivity contribution in [1.82, 2.24) is 4.90 Å².